The van der Waals surface area contributed by atoms with Gasteiger partial charge in [0.05, 0.1) is 19.6 Å². The van der Waals surface area contributed by atoms with Crippen LogP contribution < -0.4 is 22.1 Å². The van der Waals surface area contributed by atoms with E-state index in [0.717, 1.165) is 5.56 Å². The monoisotopic (exact) mass is 516 g/mol. The topological polar surface area (TPSA) is 186 Å². The van der Waals surface area contributed by atoms with Gasteiger partial charge in [0, 0.05) is 19.5 Å². The summed E-state index contributed by atoms with van der Waals surface area (Å²) in [5.74, 6) is -2.14. The maximum Gasteiger partial charge on any atom is 0.308 e. The molecule has 1 aliphatic rings. The minimum absolute atomic E-state index is 0.0551. The molecule has 0 saturated carbocycles. The average molecular weight is 517 g/mol. The van der Waals surface area contributed by atoms with Crippen LogP contribution in [0.2, 0.25) is 0 Å². The summed E-state index contributed by atoms with van der Waals surface area (Å²) in [5, 5.41) is 5.29. The van der Waals surface area contributed by atoms with Crippen molar-refractivity contribution in [2.45, 2.75) is 63.1 Å². The summed E-state index contributed by atoms with van der Waals surface area (Å²) in [4.78, 5) is 67.6. The molecule has 202 valence electrons. The summed E-state index contributed by atoms with van der Waals surface area (Å²) >= 11 is 0. The predicted octanol–water partition coefficient (Wildman–Crippen LogP) is -0.605. The van der Waals surface area contributed by atoms with Crippen LogP contribution >= 0.6 is 0 Å². The van der Waals surface area contributed by atoms with Crippen LogP contribution in [0.1, 0.15) is 44.1 Å². The zero-order chi connectivity index (χ0) is 27.2. The number of ether oxygens (including phenoxy) is 1. The largest absolute Gasteiger partial charge is 0.469 e. The maximum atomic E-state index is 13.4. The van der Waals surface area contributed by atoms with Gasteiger partial charge in [-0.3, -0.25) is 24.2 Å². The van der Waals surface area contributed by atoms with E-state index < -0.39 is 41.8 Å². The lowest BCUT2D eigenvalue weighted by Crippen LogP contribution is -2.55. The number of benzene rings is 1. The zero-order valence-electron chi connectivity index (χ0n) is 21.1. The average Bonchev–Trinajstić information content (AvgIpc) is 3.39. The van der Waals surface area contributed by atoms with E-state index >= 15 is 0 Å². The Hall–Kier alpha value is -3.96. The number of nitrogens with one attached hydrogen (secondary N) is 2. The molecule has 6 N–H and O–H groups in total. The Bertz CT molecular complexity index is 966. The lowest BCUT2D eigenvalue weighted by Gasteiger charge is -2.29. The van der Waals surface area contributed by atoms with E-state index in [1.807, 2.05) is 30.3 Å². The first kappa shape index (κ1) is 29.3. The summed E-state index contributed by atoms with van der Waals surface area (Å²) in [5.41, 5.74) is 11.5. The van der Waals surface area contributed by atoms with E-state index in [4.69, 9.17) is 16.2 Å². The molecule has 0 spiro atoms. The number of aliphatic imine (C=N–C) groups is 1. The number of carbonyl (C=O) groups is 5. The highest BCUT2D eigenvalue weighted by Gasteiger charge is 2.39. The number of likely N-dealkylation sites (tertiary alicyclic amines) is 1. The van der Waals surface area contributed by atoms with Crippen molar-refractivity contribution in [3.05, 3.63) is 35.9 Å². The minimum Gasteiger partial charge on any atom is -0.469 e. The molecule has 37 heavy (non-hydrogen) atoms. The Labute approximate surface area is 216 Å². The number of nitrogens with two attached hydrogens (primary N) is 2. The van der Waals surface area contributed by atoms with E-state index in [-0.39, 0.29) is 25.3 Å². The van der Waals surface area contributed by atoms with Crippen molar-refractivity contribution in [3.8, 4) is 0 Å². The number of amides is 3. The van der Waals surface area contributed by atoms with Crippen LogP contribution in [-0.4, -0.2) is 79.2 Å². The Kier molecular flexibility index (Phi) is 12.0. The fraction of sp³-hybridized carbons (Fsp3) is 0.520. The summed E-state index contributed by atoms with van der Waals surface area (Å²) in [6.07, 6.45) is 2.62. The molecular formula is C25H36N6O6. The van der Waals surface area contributed by atoms with E-state index in [0.29, 0.717) is 44.9 Å². The van der Waals surface area contributed by atoms with E-state index in [1.54, 1.807) is 0 Å². The number of esters is 1. The summed E-state index contributed by atoms with van der Waals surface area (Å²) in [6.45, 7) is 0.598. The molecular weight excluding hydrogens is 480 g/mol. The van der Waals surface area contributed by atoms with Crippen LogP contribution in [0.25, 0.3) is 0 Å². The number of hydrogen-bond donors (Lipinski definition) is 4. The van der Waals surface area contributed by atoms with Gasteiger partial charge in [-0.05, 0) is 37.7 Å². The number of aryl methyl sites for hydroxylation is 1. The van der Waals surface area contributed by atoms with Crippen molar-refractivity contribution in [2.24, 2.45) is 16.5 Å². The molecule has 1 aromatic carbocycles. The number of rotatable bonds is 14. The second kappa shape index (κ2) is 15.2. The second-order valence-electron chi connectivity index (χ2n) is 8.78. The van der Waals surface area contributed by atoms with Crippen molar-refractivity contribution in [1.29, 1.82) is 0 Å². The molecule has 3 unspecified atom stereocenters. The Morgan fingerprint density at radius 2 is 1.92 bits per heavy atom. The molecule has 1 aromatic rings. The van der Waals surface area contributed by atoms with Gasteiger partial charge in [0.1, 0.15) is 18.4 Å². The Morgan fingerprint density at radius 3 is 2.57 bits per heavy atom. The fourth-order valence-electron chi connectivity index (χ4n) is 4.09. The molecule has 12 heteroatoms. The molecule has 1 aliphatic heterocycles. The van der Waals surface area contributed by atoms with Crippen LogP contribution in [0.15, 0.2) is 35.3 Å². The second-order valence-corrected chi connectivity index (χ2v) is 8.78. The van der Waals surface area contributed by atoms with E-state index in [2.05, 4.69) is 15.6 Å². The molecule has 1 heterocycles. The number of methoxy groups -OCH3 is 1. The lowest BCUT2D eigenvalue weighted by molar-refractivity contribution is -0.147. The van der Waals surface area contributed by atoms with Crippen molar-refractivity contribution in [3.63, 3.8) is 0 Å². The van der Waals surface area contributed by atoms with Gasteiger partial charge < -0.3 is 36.5 Å². The highest BCUT2D eigenvalue weighted by molar-refractivity contribution is 5.95. The summed E-state index contributed by atoms with van der Waals surface area (Å²) < 4.78 is 4.70. The van der Waals surface area contributed by atoms with Gasteiger partial charge in [-0.25, -0.2) is 0 Å². The molecule has 1 fully saturated rings. The first-order chi connectivity index (χ1) is 17.7. The molecule has 0 bridgehead atoms. The van der Waals surface area contributed by atoms with Gasteiger partial charge in [-0.1, -0.05) is 30.3 Å². The number of guanidine groups is 1. The number of aldehydes is 1. The normalized spacial score (nSPS) is 16.2. The fourth-order valence-corrected chi connectivity index (χ4v) is 4.09. The quantitative estimate of drug-likeness (QED) is 0.0829. The Balaban J connectivity index is 2.01. The van der Waals surface area contributed by atoms with Crippen molar-refractivity contribution in [1.82, 2.24) is 15.5 Å². The van der Waals surface area contributed by atoms with Crippen LogP contribution in [0.4, 0.5) is 0 Å². The minimum atomic E-state index is -1.18. The van der Waals surface area contributed by atoms with Gasteiger partial charge in [-0.15, -0.1) is 0 Å². The number of hydrogen-bond acceptors (Lipinski definition) is 7. The molecule has 12 nitrogen and oxygen atoms in total. The Morgan fingerprint density at radius 1 is 1.19 bits per heavy atom. The number of nitrogens with zero attached hydrogens (tertiary/aromatic N) is 2. The predicted molar refractivity (Wildman–Crippen MR) is 136 cm³/mol. The van der Waals surface area contributed by atoms with Crippen LogP contribution in [0.5, 0.6) is 0 Å². The first-order valence-corrected chi connectivity index (χ1v) is 12.3. The third-order valence-corrected chi connectivity index (χ3v) is 6.01. The third-order valence-electron chi connectivity index (χ3n) is 6.01. The molecule has 2 rings (SSSR count). The third kappa shape index (κ3) is 9.90. The van der Waals surface area contributed by atoms with Crippen LogP contribution in [0, 0.1) is 0 Å². The van der Waals surface area contributed by atoms with E-state index in [9.17, 15) is 24.0 Å². The molecule has 0 aromatic heterocycles. The molecule has 3 atom stereocenters. The van der Waals surface area contributed by atoms with Gasteiger partial charge in [-0.2, -0.15) is 0 Å². The summed E-state index contributed by atoms with van der Waals surface area (Å²) in [6, 6.07) is 6.64. The number of carbonyl (C=O) groups excluding carboxylic acids is 5. The standard InChI is InChI=1S/C25H36N6O6/c1-37-22(34)15-19(30-21(33)12-11-17-7-3-2-4-8-17)24(36)31-14-6-10-20(31)23(35)29-18(16-32)9-5-13-28-25(26)27/h2-4,7-8,16,18-20H,5-6,9-15H2,1H3,(H,29,35)(H,30,33)(H4,26,27,28). The van der Waals surface area contributed by atoms with Crippen molar-refractivity contribution < 1.29 is 28.7 Å². The van der Waals surface area contributed by atoms with Gasteiger partial charge in [0.15, 0.2) is 5.96 Å². The van der Waals surface area contributed by atoms with Crippen LogP contribution in [-0.2, 0) is 35.1 Å². The van der Waals surface area contributed by atoms with Crippen molar-refractivity contribution >= 4 is 35.9 Å². The van der Waals surface area contributed by atoms with Crippen LogP contribution in [0.3, 0.4) is 0 Å². The molecule has 0 aliphatic carbocycles. The highest BCUT2D eigenvalue weighted by atomic mass is 16.5. The van der Waals surface area contributed by atoms with E-state index in [1.165, 1.54) is 12.0 Å². The highest BCUT2D eigenvalue weighted by Crippen LogP contribution is 2.20. The zero-order valence-corrected chi connectivity index (χ0v) is 21.1. The SMILES string of the molecule is COC(=O)CC(NC(=O)CCc1ccccc1)C(=O)N1CCCC1C(=O)NC(C=O)CCCN=C(N)N. The summed E-state index contributed by atoms with van der Waals surface area (Å²) in [7, 11) is 1.19. The molecule has 1 saturated heterocycles. The van der Waals surface area contributed by atoms with Crippen molar-refractivity contribution in [2.75, 3.05) is 20.2 Å². The van der Waals surface area contributed by atoms with Gasteiger partial charge >= 0.3 is 5.97 Å². The smallest absolute Gasteiger partial charge is 0.308 e. The molecule has 3 amide bonds. The molecule has 0 radical (unpaired) electrons. The lowest BCUT2D eigenvalue weighted by atomic mass is 10.1. The van der Waals surface area contributed by atoms with Gasteiger partial charge in [0.2, 0.25) is 17.7 Å². The first-order valence-electron chi connectivity index (χ1n) is 12.3. The maximum absolute atomic E-state index is 13.4. The van der Waals surface area contributed by atoms with Gasteiger partial charge in [0.25, 0.3) is 0 Å².